The number of aryl methyl sites for hydroxylation is 1. The maximum Gasteiger partial charge on any atom is 0.0580 e. The molecule has 0 saturated carbocycles. The zero-order valence-electron chi connectivity index (χ0n) is 11.3. The molecule has 1 heteroatoms. The van der Waals surface area contributed by atoms with Crippen molar-refractivity contribution in [1.82, 2.24) is 0 Å². The molecule has 0 radical (unpaired) electrons. The number of aliphatic hydroxyl groups is 1. The summed E-state index contributed by atoms with van der Waals surface area (Å²) in [4.78, 5) is 0. The van der Waals surface area contributed by atoms with Gasteiger partial charge in [-0.3, -0.25) is 0 Å². The normalized spacial score (nSPS) is 12.6. The number of aliphatic hydroxyl groups excluding tert-OH is 1. The molecule has 0 heterocycles. The minimum atomic E-state index is -0.169. The molecule has 1 atom stereocenters. The molecule has 1 unspecified atom stereocenters. The SMILES string of the molecule is CCCCCCCC(O)Cc1ccccc1C. The summed E-state index contributed by atoms with van der Waals surface area (Å²) in [5.74, 6) is 0. The quantitative estimate of drug-likeness (QED) is 0.666. The predicted molar refractivity (Wildman–Crippen MR) is 74.3 cm³/mol. The fraction of sp³-hybridized carbons (Fsp3) is 0.625. The highest BCUT2D eigenvalue weighted by Crippen LogP contribution is 2.14. The number of hydrogen-bond donors (Lipinski definition) is 1. The fourth-order valence-corrected chi connectivity index (χ4v) is 2.18. The van der Waals surface area contributed by atoms with Gasteiger partial charge in [0.2, 0.25) is 0 Å². The smallest absolute Gasteiger partial charge is 0.0580 e. The third-order valence-electron chi connectivity index (χ3n) is 3.36. The third-order valence-corrected chi connectivity index (χ3v) is 3.36. The maximum atomic E-state index is 9.98. The van der Waals surface area contributed by atoms with Crippen LogP contribution in [0.5, 0.6) is 0 Å². The molecule has 1 nitrogen and oxygen atoms in total. The molecule has 1 aromatic carbocycles. The molecule has 0 aliphatic carbocycles. The van der Waals surface area contributed by atoms with Gasteiger partial charge in [-0.1, -0.05) is 63.3 Å². The topological polar surface area (TPSA) is 20.2 Å². The van der Waals surface area contributed by atoms with Crippen LogP contribution in [0.15, 0.2) is 24.3 Å². The van der Waals surface area contributed by atoms with Gasteiger partial charge in [-0.05, 0) is 30.9 Å². The number of rotatable bonds is 8. The molecule has 0 aliphatic heterocycles. The predicted octanol–water partition coefficient (Wildman–Crippen LogP) is 4.26. The van der Waals surface area contributed by atoms with Crippen molar-refractivity contribution in [2.45, 2.75) is 64.9 Å². The molecular formula is C16H26O. The van der Waals surface area contributed by atoms with E-state index >= 15 is 0 Å². The second-order valence-electron chi connectivity index (χ2n) is 4.99. The van der Waals surface area contributed by atoms with E-state index in [1.807, 2.05) is 0 Å². The van der Waals surface area contributed by atoms with Crippen LogP contribution in [-0.4, -0.2) is 11.2 Å². The maximum absolute atomic E-state index is 9.98. The third kappa shape index (κ3) is 5.88. The second kappa shape index (κ2) is 8.30. The molecule has 0 fully saturated rings. The Morgan fingerprint density at radius 3 is 2.47 bits per heavy atom. The standard InChI is InChI=1S/C16H26O/c1-3-4-5-6-7-12-16(17)13-15-11-9-8-10-14(15)2/h8-11,16-17H,3-7,12-13H2,1-2H3. The summed E-state index contributed by atoms with van der Waals surface area (Å²) in [5.41, 5.74) is 2.58. The van der Waals surface area contributed by atoms with Crippen LogP contribution >= 0.6 is 0 Å². The monoisotopic (exact) mass is 234 g/mol. The van der Waals surface area contributed by atoms with Crippen molar-refractivity contribution >= 4 is 0 Å². The Hall–Kier alpha value is -0.820. The first-order valence-corrected chi connectivity index (χ1v) is 6.96. The van der Waals surface area contributed by atoms with Crippen molar-refractivity contribution in [2.24, 2.45) is 0 Å². The van der Waals surface area contributed by atoms with Crippen LogP contribution < -0.4 is 0 Å². The Kier molecular flexibility index (Phi) is 6.95. The zero-order valence-corrected chi connectivity index (χ0v) is 11.3. The van der Waals surface area contributed by atoms with Crippen molar-refractivity contribution in [3.05, 3.63) is 35.4 Å². The molecule has 0 bridgehead atoms. The lowest BCUT2D eigenvalue weighted by atomic mass is 9.99. The highest BCUT2D eigenvalue weighted by atomic mass is 16.3. The summed E-state index contributed by atoms with van der Waals surface area (Å²) in [6.45, 7) is 4.34. The molecule has 96 valence electrons. The molecule has 1 aromatic rings. The van der Waals surface area contributed by atoms with Crippen molar-refractivity contribution in [2.75, 3.05) is 0 Å². The number of unbranched alkanes of at least 4 members (excludes halogenated alkanes) is 4. The van der Waals surface area contributed by atoms with Crippen LogP contribution in [0.4, 0.5) is 0 Å². The van der Waals surface area contributed by atoms with E-state index < -0.39 is 0 Å². The molecule has 1 rings (SSSR count). The van der Waals surface area contributed by atoms with Gasteiger partial charge < -0.3 is 5.11 Å². The first kappa shape index (κ1) is 14.2. The molecule has 0 spiro atoms. The van der Waals surface area contributed by atoms with E-state index in [-0.39, 0.29) is 6.10 Å². The van der Waals surface area contributed by atoms with Crippen molar-refractivity contribution in [3.63, 3.8) is 0 Å². The lowest BCUT2D eigenvalue weighted by Gasteiger charge is -2.12. The minimum Gasteiger partial charge on any atom is -0.393 e. The van der Waals surface area contributed by atoms with Gasteiger partial charge in [0.1, 0.15) is 0 Å². The van der Waals surface area contributed by atoms with Gasteiger partial charge >= 0.3 is 0 Å². The molecule has 0 aromatic heterocycles. The van der Waals surface area contributed by atoms with Crippen LogP contribution in [0.1, 0.15) is 56.6 Å². The Balaban J connectivity index is 2.21. The number of benzene rings is 1. The van der Waals surface area contributed by atoms with E-state index in [1.165, 1.54) is 36.8 Å². The van der Waals surface area contributed by atoms with Crippen molar-refractivity contribution in [1.29, 1.82) is 0 Å². The summed E-state index contributed by atoms with van der Waals surface area (Å²) in [6.07, 6.45) is 7.93. The molecule has 0 aliphatic rings. The number of hydrogen-bond acceptors (Lipinski definition) is 1. The van der Waals surface area contributed by atoms with Crippen molar-refractivity contribution < 1.29 is 5.11 Å². The van der Waals surface area contributed by atoms with Gasteiger partial charge in [0.05, 0.1) is 6.10 Å². The van der Waals surface area contributed by atoms with E-state index in [9.17, 15) is 5.11 Å². The van der Waals surface area contributed by atoms with E-state index in [0.29, 0.717) is 0 Å². The van der Waals surface area contributed by atoms with Gasteiger partial charge in [-0.15, -0.1) is 0 Å². The zero-order chi connectivity index (χ0) is 12.5. The van der Waals surface area contributed by atoms with Gasteiger partial charge in [0.25, 0.3) is 0 Å². The average Bonchev–Trinajstić information content (AvgIpc) is 2.32. The second-order valence-corrected chi connectivity index (χ2v) is 4.99. The van der Waals surface area contributed by atoms with Crippen molar-refractivity contribution in [3.8, 4) is 0 Å². The van der Waals surface area contributed by atoms with Crippen LogP contribution in [0.3, 0.4) is 0 Å². The van der Waals surface area contributed by atoms with E-state index in [4.69, 9.17) is 0 Å². The Morgan fingerprint density at radius 2 is 1.76 bits per heavy atom. The van der Waals surface area contributed by atoms with Gasteiger partial charge in [-0.2, -0.15) is 0 Å². The summed E-state index contributed by atoms with van der Waals surface area (Å²) in [5, 5.41) is 9.98. The fourth-order valence-electron chi connectivity index (χ4n) is 2.18. The molecule has 0 amide bonds. The molecule has 1 N–H and O–H groups in total. The first-order chi connectivity index (χ1) is 8.24. The van der Waals surface area contributed by atoms with Gasteiger partial charge in [-0.25, -0.2) is 0 Å². The van der Waals surface area contributed by atoms with E-state index in [2.05, 4.69) is 38.1 Å². The Morgan fingerprint density at radius 1 is 1.06 bits per heavy atom. The lowest BCUT2D eigenvalue weighted by Crippen LogP contribution is -2.11. The van der Waals surface area contributed by atoms with Crippen LogP contribution in [0.25, 0.3) is 0 Å². The Bertz CT molecular complexity index is 306. The molecular weight excluding hydrogens is 208 g/mol. The van der Waals surface area contributed by atoms with E-state index in [1.54, 1.807) is 0 Å². The van der Waals surface area contributed by atoms with Gasteiger partial charge in [0, 0.05) is 0 Å². The summed E-state index contributed by atoms with van der Waals surface area (Å²) in [6, 6.07) is 8.34. The van der Waals surface area contributed by atoms with Crippen LogP contribution in [-0.2, 0) is 6.42 Å². The summed E-state index contributed by atoms with van der Waals surface area (Å²) in [7, 11) is 0. The minimum absolute atomic E-state index is 0.169. The first-order valence-electron chi connectivity index (χ1n) is 6.96. The summed E-state index contributed by atoms with van der Waals surface area (Å²) < 4.78 is 0. The lowest BCUT2D eigenvalue weighted by molar-refractivity contribution is 0.160. The summed E-state index contributed by atoms with van der Waals surface area (Å²) >= 11 is 0. The molecule has 17 heavy (non-hydrogen) atoms. The van der Waals surface area contributed by atoms with Crippen LogP contribution in [0, 0.1) is 6.92 Å². The average molecular weight is 234 g/mol. The highest BCUT2D eigenvalue weighted by Gasteiger charge is 2.06. The van der Waals surface area contributed by atoms with E-state index in [0.717, 1.165) is 19.3 Å². The Labute approximate surface area is 106 Å². The molecule has 0 saturated heterocycles. The van der Waals surface area contributed by atoms with Crippen LogP contribution in [0.2, 0.25) is 0 Å². The largest absolute Gasteiger partial charge is 0.393 e. The highest BCUT2D eigenvalue weighted by molar-refractivity contribution is 5.26. The van der Waals surface area contributed by atoms with Gasteiger partial charge in [0.15, 0.2) is 0 Å².